The van der Waals surface area contributed by atoms with Crippen molar-refractivity contribution >= 4 is 5.97 Å². The fourth-order valence-corrected chi connectivity index (χ4v) is 3.97. The zero-order chi connectivity index (χ0) is 20.4. The van der Waals surface area contributed by atoms with E-state index in [-0.39, 0.29) is 6.15 Å². The maximum atomic E-state index is 11.7. The smallest absolute Gasteiger partial charge is 0.309 e. The van der Waals surface area contributed by atoms with Gasteiger partial charge in [-0.15, -0.1) is 0 Å². The van der Waals surface area contributed by atoms with E-state index in [2.05, 4.69) is 13.8 Å². The predicted octanol–water partition coefficient (Wildman–Crippen LogP) is 7.66. The topological polar surface area (TPSA) is 92.5 Å². The highest BCUT2D eigenvalue weighted by molar-refractivity contribution is 5.71. The van der Waals surface area contributed by atoms with E-state index in [0.29, 0.717) is 12.8 Å². The van der Waals surface area contributed by atoms with Crippen LogP contribution in [0.1, 0.15) is 136 Å². The van der Waals surface area contributed by atoms with Gasteiger partial charge in [0.2, 0.25) is 0 Å². The van der Waals surface area contributed by atoms with Crippen LogP contribution in [0.25, 0.3) is 0 Å². The van der Waals surface area contributed by atoms with Crippen molar-refractivity contribution in [2.45, 2.75) is 142 Å². The monoisotopic (exact) mass is 401 g/mol. The van der Waals surface area contributed by atoms with Crippen LogP contribution >= 0.6 is 0 Å². The van der Waals surface area contributed by atoms with Crippen molar-refractivity contribution in [2.24, 2.45) is 5.92 Å². The molecule has 0 amide bonds. The summed E-state index contributed by atoms with van der Waals surface area (Å²) in [5, 5.41) is 20.3. The van der Waals surface area contributed by atoms with Crippen LogP contribution in [0.15, 0.2) is 0 Å². The maximum absolute atomic E-state index is 11.7. The molecule has 0 saturated carbocycles. The molecule has 0 aliphatic carbocycles. The first-order valence-electron chi connectivity index (χ1n) is 11.9. The Morgan fingerprint density at radius 1 is 0.714 bits per heavy atom. The van der Waals surface area contributed by atoms with E-state index in [1.807, 2.05) is 0 Å². The van der Waals surface area contributed by atoms with Crippen molar-refractivity contribution in [2.75, 3.05) is 0 Å². The van der Waals surface area contributed by atoms with Crippen molar-refractivity contribution < 1.29 is 15.0 Å². The molecule has 170 valence electrons. The molecule has 2 unspecified atom stereocenters. The number of carboxylic acids is 1. The second-order valence-corrected chi connectivity index (χ2v) is 8.74. The molecule has 5 N–H and O–H groups in total. The molecule has 0 saturated heterocycles. The zero-order valence-electron chi connectivity index (χ0n) is 19.3. The molecular formula is C24H51NO3. The van der Waals surface area contributed by atoms with Crippen molar-refractivity contribution in [1.29, 1.82) is 0 Å². The van der Waals surface area contributed by atoms with E-state index in [0.717, 1.165) is 25.7 Å². The third-order valence-electron chi connectivity index (χ3n) is 5.93. The van der Waals surface area contributed by atoms with Crippen LogP contribution in [0.2, 0.25) is 0 Å². The van der Waals surface area contributed by atoms with E-state index in [1.165, 1.54) is 77.0 Å². The number of hydrogen-bond donors (Lipinski definition) is 3. The number of rotatable bonds is 20. The molecule has 0 aliphatic rings. The second kappa shape index (κ2) is 19.7. The molecule has 28 heavy (non-hydrogen) atoms. The standard InChI is InChI=1S/C24H48O3.H3N/c1-4-6-8-10-12-14-16-18-20-22(23(25)26)24(3,27)21-19-17-15-13-11-9-7-5-2;/h22,27H,4-21H2,1-3H3,(H,25,26);1H3. The fraction of sp³-hybridized carbons (Fsp3) is 0.958. The van der Waals surface area contributed by atoms with Crippen LogP contribution in [-0.2, 0) is 4.79 Å². The Morgan fingerprint density at radius 2 is 1.07 bits per heavy atom. The van der Waals surface area contributed by atoms with E-state index in [1.54, 1.807) is 6.92 Å². The third kappa shape index (κ3) is 16.4. The summed E-state index contributed by atoms with van der Waals surface area (Å²) in [5.74, 6) is -1.45. The number of aliphatic hydroxyl groups is 1. The average molecular weight is 402 g/mol. The minimum Gasteiger partial charge on any atom is -0.481 e. The zero-order valence-corrected chi connectivity index (χ0v) is 19.3. The number of carbonyl (C=O) groups is 1. The molecule has 2 atom stereocenters. The Bertz CT molecular complexity index is 345. The highest BCUT2D eigenvalue weighted by atomic mass is 16.4. The van der Waals surface area contributed by atoms with Crippen LogP contribution in [0, 0.1) is 5.92 Å². The number of unbranched alkanes of at least 4 members (excludes halogenated alkanes) is 14. The number of hydrogen-bond acceptors (Lipinski definition) is 3. The predicted molar refractivity (Wildman–Crippen MR) is 121 cm³/mol. The lowest BCUT2D eigenvalue weighted by atomic mass is 9.81. The Morgan fingerprint density at radius 3 is 1.46 bits per heavy atom. The van der Waals surface area contributed by atoms with E-state index in [9.17, 15) is 15.0 Å². The van der Waals surface area contributed by atoms with Gasteiger partial charge < -0.3 is 16.4 Å². The Hall–Kier alpha value is -0.610. The van der Waals surface area contributed by atoms with Gasteiger partial charge in [-0.05, 0) is 19.8 Å². The van der Waals surface area contributed by atoms with Crippen LogP contribution in [0.5, 0.6) is 0 Å². The first kappa shape index (κ1) is 29.6. The summed E-state index contributed by atoms with van der Waals surface area (Å²) in [4.78, 5) is 11.7. The van der Waals surface area contributed by atoms with Crippen LogP contribution in [0.3, 0.4) is 0 Å². The SMILES string of the molecule is CCCCCCCCCCC(C(=O)O)C(C)(O)CCCCCCCCCC.N. The maximum Gasteiger partial charge on any atom is 0.309 e. The lowest BCUT2D eigenvalue weighted by Gasteiger charge is -2.30. The Labute approximate surface area is 175 Å². The second-order valence-electron chi connectivity index (χ2n) is 8.74. The van der Waals surface area contributed by atoms with Crippen LogP contribution in [0.4, 0.5) is 0 Å². The van der Waals surface area contributed by atoms with Crippen LogP contribution < -0.4 is 6.15 Å². The molecule has 0 aromatic heterocycles. The summed E-state index contributed by atoms with van der Waals surface area (Å²) in [6, 6.07) is 0. The van der Waals surface area contributed by atoms with E-state index >= 15 is 0 Å². The minimum absolute atomic E-state index is 0. The lowest BCUT2D eigenvalue weighted by molar-refractivity contribution is -0.152. The van der Waals surface area contributed by atoms with Crippen molar-refractivity contribution in [3.8, 4) is 0 Å². The first-order valence-corrected chi connectivity index (χ1v) is 11.9. The van der Waals surface area contributed by atoms with E-state index in [4.69, 9.17) is 0 Å². The van der Waals surface area contributed by atoms with Gasteiger partial charge in [0.1, 0.15) is 0 Å². The normalized spacial score (nSPS) is 14.3. The minimum atomic E-state index is -1.07. The first-order chi connectivity index (χ1) is 13.0. The average Bonchev–Trinajstić information content (AvgIpc) is 2.62. The number of carboxylic acid groups (broad SMARTS) is 1. The van der Waals surface area contributed by atoms with E-state index < -0.39 is 17.5 Å². The molecule has 0 heterocycles. The van der Waals surface area contributed by atoms with Crippen molar-refractivity contribution in [3.63, 3.8) is 0 Å². The van der Waals surface area contributed by atoms with Gasteiger partial charge in [0.05, 0.1) is 11.5 Å². The highest BCUT2D eigenvalue weighted by Crippen LogP contribution is 2.29. The lowest BCUT2D eigenvalue weighted by Crippen LogP contribution is -2.39. The highest BCUT2D eigenvalue weighted by Gasteiger charge is 2.36. The molecule has 4 nitrogen and oxygen atoms in total. The van der Waals surface area contributed by atoms with Gasteiger partial charge in [0.15, 0.2) is 0 Å². The molecular weight excluding hydrogens is 350 g/mol. The van der Waals surface area contributed by atoms with Gasteiger partial charge in [-0.3, -0.25) is 4.79 Å². The summed E-state index contributed by atoms with van der Waals surface area (Å²) < 4.78 is 0. The summed E-state index contributed by atoms with van der Waals surface area (Å²) in [6.45, 7) is 6.19. The third-order valence-corrected chi connectivity index (χ3v) is 5.93. The van der Waals surface area contributed by atoms with Gasteiger partial charge >= 0.3 is 5.97 Å². The summed E-state index contributed by atoms with van der Waals surface area (Å²) >= 11 is 0. The fourth-order valence-electron chi connectivity index (χ4n) is 3.97. The Kier molecular flexibility index (Phi) is 20.8. The van der Waals surface area contributed by atoms with Gasteiger partial charge in [0, 0.05) is 0 Å². The molecule has 0 aliphatic heterocycles. The van der Waals surface area contributed by atoms with Gasteiger partial charge in [0.25, 0.3) is 0 Å². The van der Waals surface area contributed by atoms with Gasteiger partial charge in [-0.25, -0.2) is 0 Å². The van der Waals surface area contributed by atoms with Gasteiger partial charge in [-0.2, -0.15) is 0 Å². The summed E-state index contributed by atoms with van der Waals surface area (Å²) in [5.41, 5.74) is -1.07. The van der Waals surface area contributed by atoms with Crippen LogP contribution in [-0.4, -0.2) is 21.8 Å². The molecule has 0 aromatic carbocycles. The molecule has 0 aromatic rings. The number of aliphatic carboxylic acids is 1. The Balaban J connectivity index is 0. The largest absolute Gasteiger partial charge is 0.481 e. The van der Waals surface area contributed by atoms with Gasteiger partial charge in [-0.1, -0.05) is 117 Å². The molecule has 4 heteroatoms. The van der Waals surface area contributed by atoms with Crippen molar-refractivity contribution in [3.05, 3.63) is 0 Å². The molecule has 0 rings (SSSR count). The molecule has 0 radical (unpaired) electrons. The molecule has 0 bridgehead atoms. The summed E-state index contributed by atoms with van der Waals surface area (Å²) in [7, 11) is 0. The molecule has 0 spiro atoms. The summed E-state index contributed by atoms with van der Waals surface area (Å²) in [6.07, 6.45) is 20.6. The quantitative estimate of drug-likeness (QED) is 0.182. The molecule has 0 fully saturated rings. The van der Waals surface area contributed by atoms with Crippen molar-refractivity contribution in [1.82, 2.24) is 6.15 Å².